The van der Waals surface area contributed by atoms with E-state index in [0.29, 0.717) is 6.61 Å². The molecular weight excluding hydrogens is 208 g/mol. The number of rotatable bonds is 1. The average Bonchev–Trinajstić information content (AvgIpc) is 2.40. The number of ether oxygens (including phenoxy) is 2. The highest BCUT2D eigenvalue weighted by atomic mass is 28.3. The number of hydrogen-bond acceptors (Lipinski definition) is 3. The zero-order chi connectivity index (χ0) is 11.7. The summed E-state index contributed by atoms with van der Waals surface area (Å²) in [5.41, 5.74) is 3.03. The standard InChI is InChI=1S/C11H18O3Si/c1-11(2)13-8-10(14-11)9(12)6-7-15(3,4)5/h10H,8H2,1-5H3/t10-/m1/s1. The minimum Gasteiger partial charge on any atom is -0.347 e. The molecule has 0 aromatic rings. The number of hydrogen-bond donors (Lipinski definition) is 0. The number of carbonyl (C=O) groups is 1. The van der Waals surface area contributed by atoms with E-state index in [4.69, 9.17) is 9.47 Å². The Morgan fingerprint density at radius 3 is 2.40 bits per heavy atom. The zero-order valence-corrected chi connectivity index (χ0v) is 11.0. The third-order valence-electron chi connectivity index (χ3n) is 1.86. The molecule has 1 heterocycles. The van der Waals surface area contributed by atoms with Crippen LogP contribution in [0.25, 0.3) is 0 Å². The van der Waals surface area contributed by atoms with E-state index >= 15 is 0 Å². The minimum atomic E-state index is -1.48. The fourth-order valence-corrected chi connectivity index (χ4v) is 1.64. The van der Waals surface area contributed by atoms with E-state index in [0.717, 1.165) is 0 Å². The SMILES string of the molecule is CC1(C)OC[C@H](C(=O)C#C[Si](C)(C)C)O1. The second-order valence-electron chi connectivity index (χ2n) is 5.18. The maximum absolute atomic E-state index is 11.6. The molecule has 1 atom stereocenters. The molecule has 0 aliphatic carbocycles. The molecule has 84 valence electrons. The Morgan fingerprint density at radius 2 is 2.00 bits per heavy atom. The van der Waals surface area contributed by atoms with Crippen LogP contribution in [0.1, 0.15) is 13.8 Å². The van der Waals surface area contributed by atoms with E-state index in [9.17, 15) is 4.79 Å². The Labute approximate surface area is 92.2 Å². The predicted molar refractivity (Wildman–Crippen MR) is 61.0 cm³/mol. The van der Waals surface area contributed by atoms with Crippen molar-refractivity contribution in [2.45, 2.75) is 45.4 Å². The van der Waals surface area contributed by atoms with Crippen molar-refractivity contribution in [1.29, 1.82) is 0 Å². The topological polar surface area (TPSA) is 35.5 Å². The maximum atomic E-state index is 11.6. The van der Waals surface area contributed by atoms with E-state index in [1.165, 1.54) is 0 Å². The fourth-order valence-electron chi connectivity index (χ4n) is 1.15. The van der Waals surface area contributed by atoms with Crippen LogP contribution in [-0.2, 0) is 14.3 Å². The first-order chi connectivity index (χ1) is 6.70. The lowest BCUT2D eigenvalue weighted by Crippen LogP contribution is -2.26. The predicted octanol–water partition coefficient (Wildman–Crippen LogP) is 1.59. The summed E-state index contributed by atoms with van der Waals surface area (Å²) < 4.78 is 10.7. The summed E-state index contributed by atoms with van der Waals surface area (Å²) in [6.45, 7) is 10.2. The van der Waals surface area contributed by atoms with Gasteiger partial charge >= 0.3 is 0 Å². The minimum absolute atomic E-state index is 0.164. The number of ketones is 1. The smallest absolute Gasteiger partial charge is 0.236 e. The van der Waals surface area contributed by atoms with E-state index in [1.807, 2.05) is 0 Å². The summed E-state index contributed by atoms with van der Waals surface area (Å²) in [7, 11) is -1.48. The second-order valence-corrected chi connectivity index (χ2v) is 9.93. The van der Waals surface area contributed by atoms with Gasteiger partial charge in [0.05, 0.1) is 6.61 Å². The van der Waals surface area contributed by atoms with E-state index in [-0.39, 0.29) is 5.78 Å². The van der Waals surface area contributed by atoms with Gasteiger partial charge in [-0.3, -0.25) is 4.79 Å². The summed E-state index contributed by atoms with van der Waals surface area (Å²) in [5.74, 6) is 1.85. The zero-order valence-electron chi connectivity index (χ0n) is 10.0. The molecule has 0 unspecified atom stereocenters. The third-order valence-corrected chi connectivity index (χ3v) is 2.74. The van der Waals surface area contributed by atoms with Crippen LogP contribution in [-0.4, -0.2) is 32.4 Å². The molecule has 15 heavy (non-hydrogen) atoms. The van der Waals surface area contributed by atoms with Crippen molar-refractivity contribution in [2.24, 2.45) is 0 Å². The Bertz CT molecular complexity index is 317. The first kappa shape index (κ1) is 12.4. The molecule has 0 amide bonds. The molecule has 0 N–H and O–H groups in total. The van der Waals surface area contributed by atoms with Gasteiger partial charge < -0.3 is 9.47 Å². The van der Waals surface area contributed by atoms with Crippen LogP contribution >= 0.6 is 0 Å². The molecule has 0 radical (unpaired) electrons. The normalized spacial score (nSPS) is 24.5. The summed E-state index contributed by atoms with van der Waals surface area (Å²) in [4.78, 5) is 11.6. The summed E-state index contributed by atoms with van der Waals surface area (Å²) in [6.07, 6.45) is -0.510. The number of Topliss-reactive ketones (excluding diaryl/α,β-unsaturated/α-hetero) is 1. The molecule has 1 saturated heterocycles. The van der Waals surface area contributed by atoms with Crippen molar-refractivity contribution in [3.8, 4) is 11.5 Å². The molecular formula is C11H18O3Si. The monoisotopic (exact) mass is 226 g/mol. The lowest BCUT2D eigenvalue weighted by atomic mass is 10.2. The lowest BCUT2D eigenvalue weighted by Gasteiger charge is -2.15. The maximum Gasteiger partial charge on any atom is 0.236 e. The van der Waals surface area contributed by atoms with Crippen molar-refractivity contribution in [3.05, 3.63) is 0 Å². The van der Waals surface area contributed by atoms with Gasteiger partial charge in [-0.1, -0.05) is 19.6 Å². The van der Waals surface area contributed by atoms with Crippen LogP contribution in [0, 0.1) is 11.5 Å². The van der Waals surface area contributed by atoms with E-state index < -0.39 is 20.0 Å². The summed E-state index contributed by atoms with van der Waals surface area (Å²) >= 11 is 0. The molecule has 0 saturated carbocycles. The largest absolute Gasteiger partial charge is 0.347 e. The first-order valence-corrected chi connectivity index (χ1v) is 8.58. The summed E-state index contributed by atoms with van der Waals surface area (Å²) in [5, 5.41) is 0. The highest BCUT2D eigenvalue weighted by Gasteiger charge is 2.36. The average molecular weight is 226 g/mol. The van der Waals surface area contributed by atoms with Gasteiger partial charge in [0.15, 0.2) is 11.9 Å². The quantitative estimate of drug-likeness (QED) is 0.503. The van der Waals surface area contributed by atoms with Crippen molar-refractivity contribution in [3.63, 3.8) is 0 Å². The van der Waals surface area contributed by atoms with Gasteiger partial charge in [0.1, 0.15) is 8.07 Å². The van der Waals surface area contributed by atoms with Crippen LogP contribution in [0.3, 0.4) is 0 Å². The lowest BCUT2D eigenvalue weighted by molar-refractivity contribution is -0.148. The second kappa shape index (κ2) is 4.09. The summed E-state index contributed by atoms with van der Waals surface area (Å²) in [6, 6.07) is 0. The molecule has 1 aliphatic heterocycles. The molecule has 3 nitrogen and oxygen atoms in total. The van der Waals surface area contributed by atoms with Gasteiger partial charge in [0.25, 0.3) is 0 Å². The van der Waals surface area contributed by atoms with Crippen LogP contribution in [0.2, 0.25) is 19.6 Å². The molecule has 0 aromatic carbocycles. The van der Waals surface area contributed by atoms with Crippen LogP contribution in [0.15, 0.2) is 0 Å². The Hall–Kier alpha value is -0.633. The van der Waals surface area contributed by atoms with E-state index in [1.54, 1.807) is 13.8 Å². The first-order valence-electron chi connectivity index (χ1n) is 5.08. The van der Waals surface area contributed by atoms with Crippen molar-refractivity contribution < 1.29 is 14.3 Å². The Kier molecular flexibility index (Phi) is 3.39. The van der Waals surface area contributed by atoms with Gasteiger partial charge in [-0.05, 0) is 19.8 Å². The van der Waals surface area contributed by atoms with Crippen LogP contribution in [0.4, 0.5) is 0 Å². The highest BCUT2D eigenvalue weighted by Crippen LogP contribution is 2.22. The molecule has 0 bridgehead atoms. The molecule has 0 aromatic heterocycles. The van der Waals surface area contributed by atoms with E-state index in [2.05, 4.69) is 31.1 Å². The number of carbonyl (C=O) groups excluding carboxylic acids is 1. The van der Waals surface area contributed by atoms with Crippen molar-refractivity contribution >= 4 is 13.9 Å². The van der Waals surface area contributed by atoms with Crippen molar-refractivity contribution in [2.75, 3.05) is 6.61 Å². The van der Waals surface area contributed by atoms with Gasteiger partial charge in [-0.25, -0.2) is 0 Å². The van der Waals surface area contributed by atoms with Gasteiger partial charge in [0, 0.05) is 0 Å². The fraction of sp³-hybridized carbons (Fsp3) is 0.727. The van der Waals surface area contributed by atoms with Crippen molar-refractivity contribution in [1.82, 2.24) is 0 Å². The molecule has 1 aliphatic rings. The Morgan fingerprint density at radius 1 is 1.40 bits per heavy atom. The third kappa shape index (κ3) is 4.16. The van der Waals surface area contributed by atoms with Gasteiger partial charge in [-0.2, -0.15) is 0 Å². The van der Waals surface area contributed by atoms with Crippen LogP contribution < -0.4 is 0 Å². The molecule has 4 heteroatoms. The van der Waals surface area contributed by atoms with Gasteiger partial charge in [0.2, 0.25) is 5.78 Å². The molecule has 1 fully saturated rings. The Balaban J connectivity index is 2.60. The molecule has 0 spiro atoms. The van der Waals surface area contributed by atoms with Gasteiger partial charge in [-0.15, -0.1) is 5.54 Å². The molecule has 1 rings (SSSR count). The van der Waals surface area contributed by atoms with Crippen LogP contribution in [0.5, 0.6) is 0 Å². The highest BCUT2D eigenvalue weighted by molar-refractivity contribution is 6.84.